The monoisotopic (exact) mass is 156 g/mol. The quantitative estimate of drug-likeness (QED) is 0.638. The van der Waals surface area contributed by atoms with Crippen LogP contribution in [0.15, 0.2) is 6.20 Å². The summed E-state index contributed by atoms with van der Waals surface area (Å²) in [6.45, 7) is 0.471. The third kappa shape index (κ3) is 1.99. The van der Waals surface area contributed by atoms with Gasteiger partial charge in [0, 0.05) is 14.2 Å². The van der Waals surface area contributed by atoms with Crippen LogP contribution in [0.4, 0.5) is 0 Å². The highest BCUT2D eigenvalue weighted by Crippen LogP contribution is 2.03. The second-order valence-electron chi connectivity index (χ2n) is 2.32. The van der Waals surface area contributed by atoms with E-state index >= 15 is 0 Å². The molecule has 0 aliphatic heterocycles. The van der Waals surface area contributed by atoms with Gasteiger partial charge in [-0.25, -0.2) is 0 Å². The van der Waals surface area contributed by atoms with Crippen LogP contribution < -0.4 is 5.73 Å². The van der Waals surface area contributed by atoms with E-state index < -0.39 is 0 Å². The molecular weight excluding hydrogens is 144 g/mol. The first kappa shape index (κ1) is 8.16. The van der Waals surface area contributed by atoms with Crippen molar-refractivity contribution in [2.75, 3.05) is 13.7 Å². The predicted octanol–water partition coefficient (Wildman–Crippen LogP) is -0.539. The van der Waals surface area contributed by atoms with Crippen molar-refractivity contribution in [1.82, 2.24) is 15.0 Å². The predicted molar refractivity (Wildman–Crippen MR) is 39.8 cm³/mol. The van der Waals surface area contributed by atoms with Crippen molar-refractivity contribution >= 4 is 0 Å². The van der Waals surface area contributed by atoms with Gasteiger partial charge >= 0.3 is 0 Å². The summed E-state index contributed by atoms with van der Waals surface area (Å²) in [6.07, 6.45) is 1.64. The molecule has 5 nitrogen and oxygen atoms in total. The van der Waals surface area contributed by atoms with E-state index in [1.807, 2.05) is 0 Å². The minimum atomic E-state index is -0.173. The molecule has 0 radical (unpaired) electrons. The molecule has 0 saturated heterocycles. The molecular formula is C6H12N4O. The average molecular weight is 156 g/mol. The number of nitrogens with two attached hydrogens (primary N) is 1. The van der Waals surface area contributed by atoms with Crippen LogP contribution in [-0.2, 0) is 11.8 Å². The fourth-order valence-corrected chi connectivity index (χ4v) is 0.796. The molecule has 1 aromatic rings. The van der Waals surface area contributed by atoms with Gasteiger partial charge in [-0.3, -0.25) is 0 Å². The molecule has 1 heterocycles. The van der Waals surface area contributed by atoms with Crippen LogP contribution >= 0.6 is 0 Å². The van der Waals surface area contributed by atoms with Gasteiger partial charge in [-0.2, -0.15) is 15.0 Å². The molecule has 0 aromatic carbocycles. The lowest BCUT2D eigenvalue weighted by Crippen LogP contribution is -2.16. The van der Waals surface area contributed by atoms with Crippen molar-refractivity contribution in [2.45, 2.75) is 6.04 Å². The number of methoxy groups -OCH3 is 1. The number of aromatic nitrogens is 3. The number of hydrogen-bond acceptors (Lipinski definition) is 4. The van der Waals surface area contributed by atoms with E-state index in [1.165, 1.54) is 4.80 Å². The molecule has 11 heavy (non-hydrogen) atoms. The zero-order valence-corrected chi connectivity index (χ0v) is 6.69. The summed E-state index contributed by atoms with van der Waals surface area (Å²) in [5.41, 5.74) is 6.44. The molecule has 1 unspecified atom stereocenters. The van der Waals surface area contributed by atoms with E-state index in [0.717, 1.165) is 5.69 Å². The number of ether oxygens (including phenoxy) is 1. The van der Waals surface area contributed by atoms with Crippen molar-refractivity contribution in [1.29, 1.82) is 0 Å². The maximum absolute atomic E-state index is 5.68. The van der Waals surface area contributed by atoms with Gasteiger partial charge in [0.1, 0.15) is 5.69 Å². The lowest BCUT2D eigenvalue weighted by Gasteiger charge is -2.04. The van der Waals surface area contributed by atoms with E-state index in [-0.39, 0.29) is 6.04 Å². The summed E-state index contributed by atoms with van der Waals surface area (Å²) in [5, 5.41) is 7.92. The Morgan fingerprint density at radius 1 is 1.82 bits per heavy atom. The smallest absolute Gasteiger partial charge is 0.102 e. The summed E-state index contributed by atoms with van der Waals surface area (Å²) >= 11 is 0. The van der Waals surface area contributed by atoms with Crippen molar-refractivity contribution in [3.63, 3.8) is 0 Å². The first-order valence-electron chi connectivity index (χ1n) is 3.34. The Morgan fingerprint density at radius 2 is 2.55 bits per heavy atom. The molecule has 0 bridgehead atoms. The highest BCUT2D eigenvalue weighted by molar-refractivity contribution is 4.98. The molecule has 1 aromatic heterocycles. The van der Waals surface area contributed by atoms with Crippen molar-refractivity contribution < 1.29 is 4.74 Å². The summed E-state index contributed by atoms with van der Waals surface area (Å²) in [4.78, 5) is 1.48. The minimum absolute atomic E-state index is 0.173. The van der Waals surface area contributed by atoms with Crippen molar-refractivity contribution in [2.24, 2.45) is 12.8 Å². The molecule has 0 aliphatic rings. The maximum atomic E-state index is 5.68. The van der Waals surface area contributed by atoms with Crippen LogP contribution in [0.2, 0.25) is 0 Å². The van der Waals surface area contributed by atoms with Crippen LogP contribution in [0.3, 0.4) is 0 Å². The molecule has 0 aliphatic carbocycles. The molecule has 62 valence electrons. The normalized spacial score (nSPS) is 13.4. The topological polar surface area (TPSA) is 66.0 Å². The van der Waals surface area contributed by atoms with Gasteiger partial charge in [-0.15, -0.1) is 0 Å². The van der Waals surface area contributed by atoms with E-state index in [1.54, 1.807) is 20.4 Å². The third-order valence-electron chi connectivity index (χ3n) is 1.34. The van der Waals surface area contributed by atoms with E-state index in [2.05, 4.69) is 10.2 Å². The fourth-order valence-electron chi connectivity index (χ4n) is 0.796. The van der Waals surface area contributed by atoms with E-state index in [9.17, 15) is 0 Å². The number of nitrogens with zero attached hydrogens (tertiary/aromatic N) is 3. The van der Waals surface area contributed by atoms with Gasteiger partial charge in [-0.1, -0.05) is 0 Å². The summed E-state index contributed by atoms with van der Waals surface area (Å²) in [6, 6.07) is -0.173. The Kier molecular flexibility index (Phi) is 2.56. The van der Waals surface area contributed by atoms with Gasteiger partial charge in [0.05, 0.1) is 18.8 Å². The van der Waals surface area contributed by atoms with Crippen LogP contribution in [0.5, 0.6) is 0 Å². The molecule has 0 fully saturated rings. The van der Waals surface area contributed by atoms with Gasteiger partial charge in [-0.05, 0) is 0 Å². The van der Waals surface area contributed by atoms with Gasteiger partial charge < -0.3 is 10.5 Å². The lowest BCUT2D eigenvalue weighted by atomic mass is 10.2. The molecule has 1 atom stereocenters. The molecule has 1 rings (SSSR count). The first-order chi connectivity index (χ1) is 5.24. The van der Waals surface area contributed by atoms with Gasteiger partial charge in [0.2, 0.25) is 0 Å². The Balaban J connectivity index is 2.60. The molecule has 0 saturated carbocycles. The third-order valence-corrected chi connectivity index (χ3v) is 1.34. The highest BCUT2D eigenvalue weighted by atomic mass is 16.5. The number of rotatable bonds is 3. The van der Waals surface area contributed by atoms with Crippen LogP contribution in [-0.4, -0.2) is 28.7 Å². The molecule has 2 N–H and O–H groups in total. The molecule has 5 heteroatoms. The summed E-state index contributed by atoms with van der Waals surface area (Å²) in [7, 11) is 3.36. The zero-order valence-electron chi connectivity index (χ0n) is 6.69. The minimum Gasteiger partial charge on any atom is -0.383 e. The average Bonchev–Trinajstić information content (AvgIpc) is 2.36. The van der Waals surface area contributed by atoms with E-state index in [0.29, 0.717) is 6.61 Å². The SMILES string of the molecule is COCC(N)c1cnn(C)n1. The number of hydrogen-bond donors (Lipinski definition) is 1. The standard InChI is InChI=1S/C6H12N4O/c1-10-8-3-6(9-10)5(7)4-11-2/h3,5H,4,7H2,1-2H3. The largest absolute Gasteiger partial charge is 0.383 e. The Labute approximate surface area is 65.1 Å². The first-order valence-corrected chi connectivity index (χ1v) is 3.34. The summed E-state index contributed by atoms with van der Waals surface area (Å²) < 4.78 is 4.87. The Morgan fingerprint density at radius 3 is 3.00 bits per heavy atom. The summed E-state index contributed by atoms with van der Waals surface area (Å²) in [5.74, 6) is 0. The van der Waals surface area contributed by atoms with Crippen LogP contribution in [0.25, 0.3) is 0 Å². The van der Waals surface area contributed by atoms with Crippen LogP contribution in [0, 0.1) is 0 Å². The fraction of sp³-hybridized carbons (Fsp3) is 0.667. The highest BCUT2D eigenvalue weighted by Gasteiger charge is 2.08. The van der Waals surface area contributed by atoms with Crippen molar-refractivity contribution in [3.8, 4) is 0 Å². The van der Waals surface area contributed by atoms with Crippen LogP contribution in [0.1, 0.15) is 11.7 Å². The van der Waals surface area contributed by atoms with E-state index in [4.69, 9.17) is 10.5 Å². The molecule has 0 amide bonds. The van der Waals surface area contributed by atoms with Crippen molar-refractivity contribution in [3.05, 3.63) is 11.9 Å². The van der Waals surface area contributed by atoms with Gasteiger partial charge in [0.15, 0.2) is 0 Å². The molecule has 0 spiro atoms. The van der Waals surface area contributed by atoms with Gasteiger partial charge in [0.25, 0.3) is 0 Å². The number of aryl methyl sites for hydroxylation is 1. The second kappa shape index (κ2) is 3.45. The zero-order chi connectivity index (χ0) is 8.27. The lowest BCUT2D eigenvalue weighted by molar-refractivity contribution is 0.179. The Bertz CT molecular complexity index is 222. The second-order valence-corrected chi connectivity index (χ2v) is 2.32. The maximum Gasteiger partial charge on any atom is 0.102 e. The Hall–Kier alpha value is -0.940.